The van der Waals surface area contributed by atoms with Crippen molar-refractivity contribution in [3.63, 3.8) is 0 Å². The molecule has 2 heterocycles. The summed E-state index contributed by atoms with van der Waals surface area (Å²) in [5, 5.41) is 2.66. The minimum Gasteiger partial charge on any atom is -0.496 e. The van der Waals surface area contributed by atoms with E-state index in [1.54, 1.807) is 37.4 Å². The first-order chi connectivity index (χ1) is 15.5. The zero-order chi connectivity index (χ0) is 22.6. The van der Waals surface area contributed by atoms with Crippen LogP contribution in [-0.4, -0.2) is 43.9 Å². The molecule has 0 unspecified atom stereocenters. The number of piperidine rings is 1. The Balaban J connectivity index is 1.31. The van der Waals surface area contributed by atoms with Crippen molar-refractivity contribution in [2.75, 3.05) is 20.2 Å². The van der Waals surface area contributed by atoms with E-state index < -0.39 is 10.0 Å². The van der Waals surface area contributed by atoms with Crippen LogP contribution in [0.4, 0.5) is 0 Å². The number of hydrogen-bond acceptors (Lipinski definition) is 7. The second-order valence-electron chi connectivity index (χ2n) is 7.44. The van der Waals surface area contributed by atoms with E-state index in [1.165, 1.54) is 15.6 Å². The van der Waals surface area contributed by atoms with E-state index in [4.69, 9.17) is 9.47 Å². The molecule has 168 valence electrons. The predicted molar refractivity (Wildman–Crippen MR) is 122 cm³/mol. The Morgan fingerprint density at radius 1 is 1.09 bits per heavy atom. The number of aromatic nitrogens is 1. The molecular formula is C23H24N2O5S2. The van der Waals surface area contributed by atoms with Crippen molar-refractivity contribution >= 4 is 27.3 Å². The second kappa shape index (κ2) is 9.81. The third-order valence-corrected chi connectivity index (χ3v) is 8.26. The number of carbonyl (C=O) groups excluding carboxylic acids is 1. The van der Waals surface area contributed by atoms with Crippen molar-refractivity contribution < 1.29 is 22.7 Å². The maximum atomic E-state index is 12.7. The second-order valence-corrected chi connectivity index (χ2v) is 10.2. The molecule has 0 atom stereocenters. The van der Waals surface area contributed by atoms with Crippen molar-refractivity contribution in [1.29, 1.82) is 0 Å². The van der Waals surface area contributed by atoms with Gasteiger partial charge < -0.3 is 9.47 Å². The van der Waals surface area contributed by atoms with E-state index in [1.807, 2.05) is 29.6 Å². The highest BCUT2D eigenvalue weighted by Crippen LogP contribution is 2.32. The summed E-state index contributed by atoms with van der Waals surface area (Å²) in [6, 6.07) is 16.0. The van der Waals surface area contributed by atoms with Gasteiger partial charge in [-0.3, -0.25) is 4.79 Å². The summed E-state index contributed by atoms with van der Waals surface area (Å²) >= 11 is 1.46. The van der Waals surface area contributed by atoms with E-state index in [0.29, 0.717) is 31.6 Å². The minimum atomic E-state index is -3.53. The van der Waals surface area contributed by atoms with E-state index in [9.17, 15) is 13.2 Å². The predicted octanol–water partition coefficient (Wildman–Crippen LogP) is 3.96. The van der Waals surface area contributed by atoms with E-state index in [-0.39, 0.29) is 23.4 Å². The van der Waals surface area contributed by atoms with E-state index in [2.05, 4.69) is 4.98 Å². The molecule has 3 aromatic rings. The van der Waals surface area contributed by atoms with Gasteiger partial charge in [0.1, 0.15) is 17.4 Å². The maximum absolute atomic E-state index is 12.7. The van der Waals surface area contributed by atoms with Crippen LogP contribution in [0.2, 0.25) is 0 Å². The lowest BCUT2D eigenvalue weighted by atomic mass is 9.98. The number of ether oxygens (including phenoxy) is 2. The summed E-state index contributed by atoms with van der Waals surface area (Å²) in [5.41, 5.74) is 1.57. The number of thiazole rings is 1. The van der Waals surface area contributed by atoms with Crippen molar-refractivity contribution in [3.05, 3.63) is 65.7 Å². The molecule has 0 N–H and O–H groups in total. The van der Waals surface area contributed by atoms with Gasteiger partial charge >= 0.3 is 5.97 Å². The third kappa shape index (κ3) is 4.85. The fourth-order valence-electron chi connectivity index (χ4n) is 3.65. The van der Waals surface area contributed by atoms with Gasteiger partial charge in [0.05, 0.1) is 29.2 Å². The number of carbonyl (C=O) groups is 1. The van der Waals surface area contributed by atoms with Crippen LogP contribution >= 0.6 is 11.3 Å². The SMILES string of the molecule is COc1ccccc1-c1nc(COC(=O)C2CCN(S(=O)(=O)c3ccccc3)CC2)cs1. The zero-order valence-electron chi connectivity index (χ0n) is 17.6. The maximum Gasteiger partial charge on any atom is 0.309 e. The Hall–Kier alpha value is -2.75. The molecule has 0 amide bonds. The molecule has 0 spiro atoms. The van der Waals surface area contributed by atoms with E-state index in [0.717, 1.165) is 16.3 Å². The molecule has 1 aliphatic heterocycles. The molecule has 1 aliphatic rings. The Bertz CT molecular complexity index is 1170. The Labute approximate surface area is 191 Å². The molecule has 7 nitrogen and oxygen atoms in total. The van der Waals surface area contributed by atoms with Gasteiger partial charge in [0.25, 0.3) is 0 Å². The molecule has 4 rings (SSSR count). The molecular weight excluding hydrogens is 448 g/mol. The largest absolute Gasteiger partial charge is 0.496 e. The molecule has 1 fully saturated rings. The number of rotatable bonds is 7. The van der Waals surface area contributed by atoms with Crippen LogP contribution in [0.3, 0.4) is 0 Å². The zero-order valence-corrected chi connectivity index (χ0v) is 19.3. The number of sulfonamides is 1. The summed E-state index contributed by atoms with van der Waals surface area (Å²) in [5.74, 6) is 0.112. The fraction of sp³-hybridized carbons (Fsp3) is 0.304. The normalized spacial score (nSPS) is 15.4. The monoisotopic (exact) mass is 472 g/mol. The third-order valence-electron chi connectivity index (χ3n) is 5.42. The van der Waals surface area contributed by atoms with Crippen LogP contribution in [0, 0.1) is 5.92 Å². The molecule has 0 bridgehead atoms. The standard InChI is InChI=1S/C23H24N2O5S2/c1-29-21-10-6-5-9-20(21)22-24-18(16-31-22)15-30-23(26)17-11-13-25(14-12-17)32(27,28)19-7-3-2-4-8-19/h2-10,16-17H,11-15H2,1H3. The van der Waals surface area contributed by atoms with Gasteiger partial charge in [-0.25, -0.2) is 13.4 Å². The molecule has 32 heavy (non-hydrogen) atoms. The summed E-state index contributed by atoms with van der Waals surface area (Å²) in [6.07, 6.45) is 0.878. The van der Waals surface area contributed by atoms with Crippen molar-refractivity contribution in [2.24, 2.45) is 5.92 Å². The molecule has 0 saturated carbocycles. The molecule has 1 saturated heterocycles. The molecule has 0 aliphatic carbocycles. The minimum absolute atomic E-state index is 0.0903. The number of methoxy groups -OCH3 is 1. The van der Waals surface area contributed by atoms with Crippen LogP contribution < -0.4 is 4.74 Å². The highest BCUT2D eigenvalue weighted by Gasteiger charge is 2.32. The van der Waals surface area contributed by atoms with Gasteiger partial charge in [-0.1, -0.05) is 30.3 Å². The summed E-state index contributed by atoms with van der Waals surface area (Å²) in [7, 11) is -1.92. The smallest absolute Gasteiger partial charge is 0.309 e. The van der Waals surface area contributed by atoms with Crippen LogP contribution in [0.15, 0.2) is 64.9 Å². The average Bonchev–Trinajstić information content (AvgIpc) is 3.32. The number of benzene rings is 2. The van der Waals surface area contributed by atoms with Crippen molar-refractivity contribution in [3.8, 4) is 16.3 Å². The van der Waals surface area contributed by atoms with Crippen molar-refractivity contribution in [1.82, 2.24) is 9.29 Å². The summed E-state index contributed by atoms with van der Waals surface area (Å²) in [6.45, 7) is 0.685. The van der Waals surface area contributed by atoms with E-state index >= 15 is 0 Å². The molecule has 2 aromatic carbocycles. The van der Waals surface area contributed by atoms with Gasteiger partial charge in [0.2, 0.25) is 10.0 Å². The number of para-hydroxylation sites is 1. The Morgan fingerprint density at radius 2 is 1.78 bits per heavy atom. The number of hydrogen-bond donors (Lipinski definition) is 0. The first-order valence-electron chi connectivity index (χ1n) is 10.3. The Kier molecular flexibility index (Phi) is 6.88. The van der Waals surface area contributed by atoms with Crippen LogP contribution in [0.25, 0.3) is 10.6 Å². The lowest BCUT2D eigenvalue weighted by Gasteiger charge is -2.30. The van der Waals surface area contributed by atoms with Gasteiger partial charge in [-0.05, 0) is 37.1 Å². The highest BCUT2D eigenvalue weighted by molar-refractivity contribution is 7.89. The van der Waals surface area contributed by atoms with Gasteiger partial charge in [0.15, 0.2) is 0 Å². The topological polar surface area (TPSA) is 85.8 Å². The summed E-state index contributed by atoms with van der Waals surface area (Å²) in [4.78, 5) is 17.4. The fourth-order valence-corrected chi connectivity index (χ4v) is 5.98. The Morgan fingerprint density at radius 3 is 2.50 bits per heavy atom. The summed E-state index contributed by atoms with van der Waals surface area (Å²) < 4.78 is 37.8. The van der Waals surface area contributed by atoms with Crippen LogP contribution in [-0.2, 0) is 26.2 Å². The average molecular weight is 473 g/mol. The van der Waals surface area contributed by atoms with Gasteiger partial charge in [-0.15, -0.1) is 11.3 Å². The lowest BCUT2D eigenvalue weighted by molar-refractivity contribution is -0.151. The number of nitrogens with zero attached hydrogens (tertiary/aromatic N) is 2. The van der Waals surface area contributed by atoms with Gasteiger partial charge in [-0.2, -0.15) is 4.31 Å². The number of esters is 1. The molecule has 1 aromatic heterocycles. The first-order valence-corrected chi connectivity index (χ1v) is 12.6. The highest BCUT2D eigenvalue weighted by atomic mass is 32.2. The molecule has 0 radical (unpaired) electrons. The van der Waals surface area contributed by atoms with Gasteiger partial charge in [0, 0.05) is 18.5 Å². The van der Waals surface area contributed by atoms with Crippen LogP contribution in [0.5, 0.6) is 5.75 Å². The van der Waals surface area contributed by atoms with Crippen molar-refractivity contribution in [2.45, 2.75) is 24.3 Å². The van der Waals surface area contributed by atoms with Crippen LogP contribution in [0.1, 0.15) is 18.5 Å². The first kappa shape index (κ1) is 22.4. The quantitative estimate of drug-likeness (QED) is 0.484. The lowest BCUT2D eigenvalue weighted by Crippen LogP contribution is -2.40. The molecule has 9 heteroatoms.